The Morgan fingerprint density at radius 1 is 0.635 bits per heavy atom. The monoisotopic (exact) mass is 753 g/mol. The smallest absolute Gasteiger partial charge is 0.472 e. The van der Waals surface area contributed by atoms with Crippen molar-refractivity contribution >= 4 is 19.8 Å². The van der Waals surface area contributed by atoms with Crippen molar-refractivity contribution < 1.29 is 42.7 Å². The first kappa shape index (κ1) is 49.7. The van der Waals surface area contributed by atoms with E-state index in [1.807, 2.05) is 6.08 Å². The first-order chi connectivity index (χ1) is 25.2. The van der Waals surface area contributed by atoms with Crippen LogP contribution in [0.15, 0.2) is 60.8 Å². The molecule has 10 nitrogen and oxygen atoms in total. The largest absolute Gasteiger partial charge is 0.480 e. The average Bonchev–Trinajstić information content (AvgIpc) is 3.12. The van der Waals surface area contributed by atoms with E-state index in [1.165, 1.54) is 64.2 Å². The van der Waals surface area contributed by atoms with Gasteiger partial charge in [-0.15, -0.1) is 0 Å². The van der Waals surface area contributed by atoms with Crippen LogP contribution >= 0.6 is 7.82 Å². The van der Waals surface area contributed by atoms with E-state index < -0.39 is 45.1 Å². The summed E-state index contributed by atoms with van der Waals surface area (Å²) < 4.78 is 33.1. The molecule has 0 aliphatic carbocycles. The third-order valence-corrected chi connectivity index (χ3v) is 9.03. The number of esters is 1. The molecule has 3 atom stereocenters. The van der Waals surface area contributed by atoms with Crippen molar-refractivity contribution in [1.29, 1.82) is 0 Å². The number of phosphoric ester groups is 1. The Kier molecular flexibility index (Phi) is 35.3. The van der Waals surface area contributed by atoms with Crippen LogP contribution in [0, 0.1) is 0 Å². The maximum atomic E-state index is 12.6. The van der Waals surface area contributed by atoms with Gasteiger partial charge in [-0.25, -0.2) is 4.57 Å². The number of carboxylic acids is 1. The summed E-state index contributed by atoms with van der Waals surface area (Å²) in [7, 11) is -4.63. The average molecular weight is 754 g/mol. The van der Waals surface area contributed by atoms with Crippen LogP contribution in [0.4, 0.5) is 0 Å². The van der Waals surface area contributed by atoms with E-state index in [-0.39, 0.29) is 13.0 Å². The Morgan fingerprint density at radius 3 is 1.56 bits per heavy atom. The highest BCUT2D eigenvalue weighted by Gasteiger charge is 2.27. The molecule has 0 rings (SSSR count). The van der Waals surface area contributed by atoms with E-state index in [2.05, 4.69) is 73.1 Å². The molecule has 0 aromatic heterocycles. The van der Waals surface area contributed by atoms with Gasteiger partial charge in [0.2, 0.25) is 0 Å². The van der Waals surface area contributed by atoms with Gasteiger partial charge in [-0.05, 0) is 44.9 Å². The minimum Gasteiger partial charge on any atom is -0.480 e. The summed E-state index contributed by atoms with van der Waals surface area (Å²) in [4.78, 5) is 33.4. The highest BCUT2D eigenvalue weighted by molar-refractivity contribution is 7.47. The molecule has 0 saturated carbocycles. The van der Waals surface area contributed by atoms with Crippen molar-refractivity contribution in [2.45, 2.75) is 161 Å². The van der Waals surface area contributed by atoms with Gasteiger partial charge in [0.25, 0.3) is 0 Å². The highest BCUT2D eigenvalue weighted by Crippen LogP contribution is 2.43. The molecule has 0 radical (unpaired) electrons. The molecule has 3 unspecified atom stereocenters. The summed E-state index contributed by atoms with van der Waals surface area (Å²) >= 11 is 0. The van der Waals surface area contributed by atoms with Crippen molar-refractivity contribution in [2.24, 2.45) is 5.73 Å². The lowest BCUT2D eigenvalue weighted by molar-refractivity contribution is -0.154. The molecule has 300 valence electrons. The van der Waals surface area contributed by atoms with E-state index in [4.69, 9.17) is 24.8 Å². The normalized spacial score (nSPS) is 14.7. The molecule has 0 saturated heterocycles. The molecule has 0 aromatic carbocycles. The van der Waals surface area contributed by atoms with E-state index in [0.29, 0.717) is 19.4 Å². The Balaban J connectivity index is 4.41. The van der Waals surface area contributed by atoms with Gasteiger partial charge in [0.1, 0.15) is 12.1 Å². The molecule has 0 spiro atoms. The van der Waals surface area contributed by atoms with Gasteiger partial charge < -0.3 is 25.2 Å². The summed E-state index contributed by atoms with van der Waals surface area (Å²) in [6.45, 7) is 3.53. The maximum absolute atomic E-state index is 12.6. The predicted molar refractivity (Wildman–Crippen MR) is 212 cm³/mol. The van der Waals surface area contributed by atoms with E-state index in [9.17, 15) is 19.0 Å². The lowest BCUT2D eigenvalue weighted by Crippen LogP contribution is -2.34. The van der Waals surface area contributed by atoms with Crippen molar-refractivity contribution in [3.8, 4) is 0 Å². The number of unbranched alkanes of at least 4 members (excludes halogenated alkanes) is 13. The lowest BCUT2D eigenvalue weighted by Gasteiger charge is -2.20. The Labute approximate surface area is 315 Å². The van der Waals surface area contributed by atoms with Crippen LogP contribution < -0.4 is 5.73 Å². The Hall–Kier alpha value is -2.33. The zero-order valence-corrected chi connectivity index (χ0v) is 33.3. The molecular weight excluding hydrogens is 681 g/mol. The van der Waals surface area contributed by atoms with Gasteiger partial charge in [0.05, 0.1) is 26.4 Å². The van der Waals surface area contributed by atoms with Crippen LogP contribution in [0.2, 0.25) is 0 Å². The summed E-state index contributed by atoms with van der Waals surface area (Å²) in [5.74, 6) is -1.81. The molecule has 4 N–H and O–H groups in total. The quantitative estimate of drug-likeness (QED) is 0.0242. The van der Waals surface area contributed by atoms with E-state index in [1.54, 1.807) is 0 Å². The lowest BCUT2D eigenvalue weighted by atomic mass is 10.0. The van der Waals surface area contributed by atoms with Gasteiger partial charge >= 0.3 is 19.8 Å². The molecule has 11 heteroatoms. The van der Waals surface area contributed by atoms with Gasteiger partial charge in [0, 0.05) is 6.42 Å². The number of carbonyl (C=O) groups excluding carboxylic acids is 1. The third-order valence-electron chi connectivity index (χ3n) is 8.08. The van der Waals surface area contributed by atoms with E-state index in [0.717, 1.165) is 51.4 Å². The Morgan fingerprint density at radius 2 is 1.08 bits per heavy atom. The molecule has 52 heavy (non-hydrogen) atoms. The second-order valence-electron chi connectivity index (χ2n) is 13.0. The van der Waals surface area contributed by atoms with Crippen molar-refractivity contribution in [3.63, 3.8) is 0 Å². The van der Waals surface area contributed by atoms with Crippen molar-refractivity contribution in [3.05, 3.63) is 60.8 Å². The fraction of sp³-hybridized carbons (Fsp3) is 0.707. The highest BCUT2D eigenvalue weighted by atomic mass is 31.2. The molecule has 0 amide bonds. The number of rotatable bonds is 37. The van der Waals surface area contributed by atoms with E-state index >= 15 is 0 Å². The number of allylic oxidation sites excluding steroid dienone is 9. The number of carboxylic acid groups (broad SMARTS) is 1. The van der Waals surface area contributed by atoms with Crippen LogP contribution in [-0.4, -0.2) is 60.5 Å². The zero-order valence-electron chi connectivity index (χ0n) is 32.4. The second-order valence-corrected chi connectivity index (χ2v) is 14.5. The minimum absolute atomic E-state index is 0.0379. The number of ether oxygens (including phenoxy) is 2. The summed E-state index contributed by atoms with van der Waals surface area (Å²) in [6.07, 6.45) is 43.0. The number of phosphoric acid groups is 1. The topological polar surface area (TPSA) is 155 Å². The zero-order chi connectivity index (χ0) is 38.4. The van der Waals surface area contributed by atoms with Gasteiger partial charge in [-0.2, -0.15) is 0 Å². The van der Waals surface area contributed by atoms with Crippen molar-refractivity contribution in [1.82, 2.24) is 0 Å². The minimum atomic E-state index is -4.63. The van der Waals surface area contributed by atoms with Gasteiger partial charge in [-0.3, -0.25) is 18.6 Å². The number of hydrogen-bond donors (Lipinski definition) is 3. The van der Waals surface area contributed by atoms with Crippen LogP contribution in [0.3, 0.4) is 0 Å². The number of hydrogen-bond acceptors (Lipinski definition) is 8. The third kappa shape index (κ3) is 36.0. The number of nitrogens with two attached hydrogens (primary N) is 1. The number of aliphatic carboxylic acids is 1. The SMILES string of the molecule is CC/C=C\C/C=C\C/C=C\C/C=C\C/C=C\CCOCC(COP(=O)(O)OCC(N)C(=O)O)OC(=O)CCCCCCCCCCCCCCCC. The molecule has 0 bridgehead atoms. The molecule has 0 aliphatic rings. The van der Waals surface area contributed by atoms with Crippen LogP contribution in [-0.2, 0) is 32.7 Å². The van der Waals surface area contributed by atoms with Crippen molar-refractivity contribution in [2.75, 3.05) is 26.4 Å². The molecule has 0 aliphatic heterocycles. The van der Waals surface area contributed by atoms with Gasteiger partial charge in [-0.1, -0.05) is 158 Å². The van der Waals surface area contributed by atoms with Gasteiger partial charge in [0.15, 0.2) is 0 Å². The summed E-state index contributed by atoms with van der Waals surface area (Å²) in [5, 5.41) is 8.87. The molecule has 0 heterocycles. The fourth-order valence-corrected chi connectivity index (χ4v) is 5.80. The molecule has 0 aromatic rings. The van der Waals surface area contributed by atoms with Crippen LogP contribution in [0.25, 0.3) is 0 Å². The second kappa shape index (κ2) is 37.0. The molecular formula is C41H72NO9P. The first-order valence-electron chi connectivity index (χ1n) is 19.8. The molecule has 0 fully saturated rings. The fourth-order valence-electron chi connectivity index (χ4n) is 5.02. The standard InChI is InChI=1S/C41H72NO9P/c1-3-5-7-9-11-13-15-17-19-20-22-24-26-28-30-32-34-48-35-38(36-49-52(46,47)50-37-39(42)41(44)45)51-40(43)33-31-29-27-25-23-21-18-16-14-12-10-8-6-4-2/h5,7,11,13,17,19,22,24,28,30,38-39H,3-4,6,8-10,12,14-16,18,20-21,23,25-27,29,31-37,42H2,1-2H3,(H,44,45)(H,46,47)/b7-5-,13-11-,19-17-,24-22-,30-28-. The maximum Gasteiger partial charge on any atom is 0.472 e. The van der Waals surface area contributed by atoms with Crippen LogP contribution in [0.1, 0.15) is 149 Å². The summed E-state index contributed by atoms with van der Waals surface area (Å²) in [5.41, 5.74) is 5.34. The first-order valence-corrected chi connectivity index (χ1v) is 21.3. The Bertz CT molecular complexity index is 1060. The number of carbonyl (C=O) groups is 2. The summed E-state index contributed by atoms with van der Waals surface area (Å²) in [6, 6.07) is -1.48. The van der Waals surface area contributed by atoms with Crippen LogP contribution in [0.5, 0.6) is 0 Å². The predicted octanol–water partition coefficient (Wildman–Crippen LogP) is 10.5.